The summed E-state index contributed by atoms with van der Waals surface area (Å²) in [5.74, 6) is 0. The third-order valence-corrected chi connectivity index (χ3v) is 11.9. The van der Waals surface area contributed by atoms with Crippen molar-refractivity contribution >= 4 is 82.4 Å². The summed E-state index contributed by atoms with van der Waals surface area (Å²) < 4.78 is 8.71. The van der Waals surface area contributed by atoms with Gasteiger partial charge < -0.3 is 13.9 Å². The molecule has 59 heavy (non-hydrogen) atoms. The van der Waals surface area contributed by atoms with Gasteiger partial charge in [-0.2, -0.15) is 0 Å². The van der Waals surface area contributed by atoms with Gasteiger partial charge in [-0.3, -0.25) is 0 Å². The smallest absolute Gasteiger partial charge is 0.135 e. The lowest BCUT2D eigenvalue weighted by atomic mass is 9.91. The summed E-state index contributed by atoms with van der Waals surface area (Å²) in [6.07, 6.45) is 0. The largest absolute Gasteiger partial charge is 0.456 e. The standard InChI is InChI=1S/C56H36N2O/c1-2-13-37(14-3-1)46-23-10-17-39-18-11-24-47(56(39)46)38-27-29-42(30-28-38)57(45-31-32-55-51(36-45)49-22-7-9-26-54(49)59-55)43-19-12-20-44(35-43)58-52-25-8-6-21-48(52)50-33-40-15-4-5-16-41(40)34-53(50)58/h1-36H. The number of hydrogen-bond donors (Lipinski definition) is 0. The van der Waals surface area contributed by atoms with Crippen molar-refractivity contribution in [2.24, 2.45) is 0 Å². The number of anilines is 3. The molecule has 276 valence electrons. The second-order valence-corrected chi connectivity index (χ2v) is 15.3. The van der Waals surface area contributed by atoms with Crippen LogP contribution >= 0.6 is 0 Å². The van der Waals surface area contributed by atoms with Crippen LogP contribution in [-0.4, -0.2) is 4.57 Å². The van der Waals surface area contributed by atoms with Crippen molar-refractivity contribution in [2.45, 2.75) is 0 Å². The van der Waals surface area contributed by atoms with Crippen molar-refractivity contribution < 1.29 is 4.42 Å². The molecule has 0 aliphatic carbocycles. The third-order valence-electron chi connectivity index (χ3n) is 11.9. The second-order valence-electron chi connectivity index (χ2n) is 15.3. The Morgan fingerprint density at radius 2 is 0.949 bits per heavy atom. The Labute approximate surface area is 341 Å². The lowest BCUT2D eigenvalue weighted by Gasteiger charge is -2.26. The maximum absolute atomic E-state index is 6.30. The summed E-state index contributed by atoms with van der Waals surface area (Å²) >= 11 is 0. The Kier molecular flexibility index (Phi) is 7.54. The highest BCUT2D eigenvalue weighted by Gasteiger charge is 2.19. The van der Waals surface area contributed by atoms with Gasteiger partial charge in [-0.1, -0.05) is 146 Å². The van der Waals surface area contributed by atoms with Gasteiger partial charge in [0, 0.05) is 44.3 Å². The number of furan rings is 1. The Hall–Kier alpha value is -7.88. The van der Waals surface area contributed by atoms with Crippen LogP contribution in [0.1, 0.15) is 0 Å². The van der Waals surface area contributed by atoms with Gasteiger partial charge in [-0.15, -0.1) is 0 Å². The highest BCUT2D eigenvalue weighted by atomic mass is 16.3. The maximum Gasteiger partial charge on any atom is 0.135 e. The van der Waals surface area contributed by atoms with E-state index < -0.39 is 0 Å². The number of fused-ring (bicyclic) bond motifs is 8. The molecule has 0 aliphatic heterocycles. The minimum absolute atomic E-state index is 0.877. The number of aromatic nitrogens is 1. The van der Waals surface area contributed by atoms with E-state index in [0.29, 0.717) is 0 Å². The first kappa shape index (κ1) is 33.3. The zero-order chi connectivity index (χ0) is 38.9. The lowest BCUT2D eigenvalue weighted by Crippen LogP contribution is -2.10. The molecule has 12 rings (SSSR count). The molecule has 10 aromatic carbocycles. The molecule has 0 spiro atoms. The van der Waals surface area contributed by atoms with Crippen molar-refractivity contribution in [3.63, 3.8) is 0 Å². The Morgan fingerprint density at radius 3 is 1.76 bits per heavy atom. The molecular weight excluding hydrogens is 717 g/mol. The SMILES string of the molecule is c1ccc(-c2cccc3cccc(-c4ccc(N(c5cccc(-n6c7ccccc7c7cc8ccccc8cc76)c5)c5ccc6oc7ccccc7c6c5)cc4)c23)cc1. The van der Waals surface area contributed by atoms with Crippen LogP contribution in [0.3, 0.4) is 0 Å². The number of hydrogen-bond acceptors (Lipinski definition) is 2. The molecule has 0 aliphatic rings. The maximum atomic E-state index is 6.30. The van der Waals surface area contributed by atoms with Gasteiger partial charge in [0.2, 0.25) is 0 Å². The molecule has 3 heteroatoms. The van der Waals surface area contributed by atoms with Crippen molar-refractivity contribution in [3.8, 4) is 27.9 Å². The third kappa shape index (κ3) is 5.44. The van der Waals surface area contributed by atoms with Crippen LogP contribution in [-0.2, 0) is 0 Å². The first-order valence-corrected chi connectivity index (χ1v) is 20.2. The molecule has 0 unspecified atom stereocenters. The van der Waals surface area contributed by atoms with E-state index in [1.807, 2.05) is 12.1 Å². The van der Waals surface area contributed by atoms with Crippen LogP contribution in [0.15, 0.2) is 223 Å². The molecule has 0 atom stereocenters. The summed E-state index contributed by atoms with van der Waals surface area (Å²) in [7, 11) is 0. The Morgan fingerprint density at radius 1 is 0.339 bits per heavy atom. The van der Waals surface area contributed by atoms with Crippen LogP contribution in [0.5, 0.6) is 0 Å². The fraction of sp³-hybridized carbons (Fsp3) is 0. The van der Waals surface area contributed by atoms with Crippen molar-refractivity contribution in [2.75, 3.05) is 4.90 Å². The average molecular weight is 753 g/mol. The highest BCUT2D eigenvalue weighted by Crippen LogP contribution is 2.43. The van der Waals surface area contributed by atoms with E-state index in [2.05, 4.69) is 216 Å². The van der Waals surface area contributed by atoms with Crippen molar-refractivity contribution in [3.05, 3.63) is 218 Å². The van der Waals surface area contributed by atoms with E-state index >= 15 is 0 Å². The molecule has 0 radical (unpaired) electrons. The van der Waals surface area contributed by atoms with Gasteiger partial charge in [0.15, 0.2) is 0 Å². The lowest BCUT2D eigenvalue weighted by molar-refractivity contribution is 0.669. The molecule has 12 aromatic rings. The van der Waals surface area contributed by atoms with E-state index in [0.717, 1.165) is 44.7 Å². The summed E-state index contributed by atoms with van der Waals surface area (Å²) in [5, 5.41) is 9.65. The molecule has 2 aromatic heterocycles. The molecule has 2 heterocycles. The van der Waals surface area contributed by atoms with Crippen LogP contribution < -0.4 is 4.90 Å². The predicted molar refractivity (Wildman–Crippen MR) is 249 cm³/mol. The number of benzene rings is 10. The van der Waals surface area contributed by atoms with E-state index in [1.54, 1.807) is 0 Å². The summed E-state index contributed by atoms with van der Waals surface area (Å²) in [4.78, 5) is 2.37. The van der Waals surface area contributed by atoms with Crippen LogP contribution in [0.2, 0.25) is 0 Å². The molecule has 0 N–H and O–H groups in total. The second kappa shape index (κ2) is 13.4. The van der Waals surface area contributed by atoms with Gasteiger partial charge in [-0.05, 0) is 117 Å². The minimum Gasteiger partial charge on any atom is -0.456 e. The highest BCUT2D eigenvalue weighted by molar-refractivity contribution is 6.14. The zero-order valence-electron chi connectivity index (χ0n) is 32.1. The fourth-order valence-corrected chi connectivity index (χ4v) is 9.23. The van der Waals surface area contributed by atoms with Gasteiger partial charge in [0.1, 0.15) is 11.2 Å². The molecule has 3 nitrogen and oxygen atoms in total. The van der Waals surface area contributed by atoms with E-state index in [-0.39, 0.29) is 0 Å². The van der Waals surface area contributed by atoms with Gasteiger partial charge in [-0.25, -0.2) is 0 Å². The van der Waals surface area contributed by atoms with Crippen LogP contribution in [0.4, 0.5) is 17.1 Å². The topological polar surface area (TPSA) is 21.3 Å². The predicted octanol–water partition coefficient (Wildman–Crippen LogP) is 15.8. The zero-order valence-corrected chi connectivity index (χ0v) is 32.1. The average Bonchev–Trinajstić information content (AvgIpc) is 3.83. The summed E-state index contributed by atoms with van der Waals surface area (Å²) in [6, 6.07) is 78.8. The first-order valence-electron chi connectivity index (χ1n) is 20.2. The Balaban J connectivity index is 1.04. The normalized spacial score (nSPS) is 11.7. The number of rotatable bonds is 6. The quantitative estimate of drug-likeness (QED) is 0.169. The summed E-state index contributed by atoms with van der Waals surface area (Å²) in [6.45, 7) is 0. The van der Waals surface area contributed by atoms with Gasteiger partial charge in [0.25, 0.3) is 0 Å². The van der Waals surface area contributed by atoms with Gasteiger partial charge >= 0.3 is 0 Å². The molecule has 0 amide bonds. The molecule has 0 bridgehead atoms. The van der Waals surface area contributed by atoms with E-state index in [1.165, 1.54) is 65.6 Å². The van der Waals surface area contributed by atoms with Gasteiger partial charge in [0.05, 0.1) is 11.0 Å². The van der Waals surface area contributed by atoms with E-state index in [9.17, 15) is 0 Å². The van der Waals surface area contributed by atoms with Crippen molar-refractivity contribution in [1.82, 2.24) is 4.57 Å². The molecular formula is C56H36N2O. The Bertz CT molecular complexity index is 3550. The number of nitrogens with zero attached hydrogens (tertiary/aromatic N) is 2. The van der Waals surface area contributed by atoms with Crippen LogP contribution in [0.25, 0.3) is 93.2 Å². The minimum atomic E-state index is 0.877. The molecule has 0 saturated carbocycles. The van der Waals surface area contributed by atoms with Crippen LogP contribution in [0, 0.1) is 0 Å². The fourth-order valence-electron chi connectivity index (χ4n) is 9.23. The van der Waals surface area contributed by atoms with Crippen molar-refractivity contribution in [1.29, 1.82) is 0 Å². The molecule has 0 saturated heterocycles. The summed E-state index contributed by atoms with van der Waals surface area (Å²) in [5.41, 5.74) is 13.3. The monoisotopic (exact) mass is 752 g/mol. The molecule has 0 fully saturated rings. The first-order chi connectivity index (χ1) is 29.2. The number of para-hydroxylation sites is 2. The van der Waals surface area contributed by atoms with E-state index in [4.69, 9.17) is 4.42 Å².